The number of rotatable bonds is 3. The van der Waals surface area contributed by atoms with Gasteiger partial charge in [0.15, 0.2) is 0 Å². The van der Waals surface area contributed by atoms with Gasteiger partial charge in [-0.05, 0) is 36.1 Å². The predicted molar refractivity (Wildman–Crippen MR) is 51.8 cm³/mol. The van der Waals surface area contributed by atoms with Crippen LogP contribution in [0.2, 0.25) is 0 Å². The Kier molecular flexibility index (Phi) is 3.15. The van der Waals surface area contributed by atoms with E-state index >= 15 is 0 Å². The second-order valence-corrected chi connectivity index (χ2v) is 2.84. The van der Waals surface area contributed by atoms with Gasteiger partial charge < -0.3 is 4.74 Å². The Morgan fingerprint density at radius 1 is 1.08 bits per heavy atom. The van der Waals surface area contributed by atoms with Crippen LogP contribution in [0.3, 0.4) is 0 Å². The van der Waals surface area contributed by atoms with Crippen LogP contribution < -0.4 is 4.74 Å². The number of ether oxygens (including phenoxy) is 1. The first kappa shape index (κ1) is 9.11. The van der Waals surface area contributed by atoms with Crippen molar-refractivity contribution in [2.24, 2.45) is 0 Å². The van der Waals surface area contributed by atoms with E-state index in [-0.39, 0.29) is 0 Å². The minimum absolute atomic E-state index is 0.962. The van der Waals surface area contributed by atoms with Crippen molar-refractivity contribution >= 4 is 0 Å². The predicted octanol–water partition coefficient (Wildman–Crippen LogP) is 2.82. The third kappa shape index (κ3) is 1.79. The van der Waals surface area contributed by atoms with E-state index < -0.39 is 0 Å². The summed E-state index contributed by atoms with van der Waals surface area (Å²) < 4.78 is 5.16. The molecule has 0 fully saturated rings. The highest BCUT2D eigenvalue weighted by atomic mass is 16.5. The first-order chi connectivity index (χ1) is 5.81. The molecule has 0 aliphatic heterocycles. The van der Waals surface area contributed by atoms with Crippen LogP contribution in [0.4, 0.5) is 0 Å². The SMILES string of the molecule is CCc1ccc(OC)cc1CC. The number of methoxy groups -OCH3 is 1. The monoisotopic (exact) mass is 164 g/mol. The fourth-order valence-corrected chi connectivity index (χ4v) is 1.40. The summed E-state index contributed by atoms with van der Waals surface area (Å²) >= 11 is 0. The second kappa shape index (κ2) is 4.15. The molecule has 0 saturated heterocycles. The van der Waals surface area contributed by atoms with Crippen molar-refractivity contribution in [2.45, 2.75) is 26.7 Å². The lowest BCUT2D eigenvalue weighted by Crippen LogP contribution is -1.92. The maximum Gasteiger partial charge on any atom is 0.119 e. The molecule has 12 heavy (non-hydrogen) atoms. The third-order valence-corrected chi connectivity index (χ3v) is 2.18. The Balaban J connectivity index is 3.02. The third-order valence-electron chi connectivity index (χ3n) is 2.18. The van der Waals surface area contributed by atoms with Crippen molar-refractivity contribution in [1.29, 1.82) is 0 Å². The molecule has 1 aromatic carbocycles. The molecule has 0 aromatic heterocycles. The van der Waals surface area contributed by atoms with Crippen molar-refractivity contribution < 1.29 is 4.74 Å². The minimum atomic E-state index is 0.962. The summed E-state index contributed by atoms with van der Waals surface area (Å²) in [5.74, 6) is 0.962. The van der Waals surface area contributed by atoms with Crippen molar-refractivity contribution in [2.75, 3.05) is 7.11 Å². The van der Waals surface area contributed by atoms with Crippen LogP contribution in [0.15, 0.2) is 18.2 Å². The maximum atomic E-state index is 5.16. The van der Waals surface area contributed by atoms with Gasteiger partial charge in [0.1, 0.15) is 5.75 Å². The minimum Gasteiger partial charge on any atom is -0.497 e. The van der Waals surface area contributed by atoms with Gasteiger partial charge in [-0.2, -0.15) is 0 Å². The van der Waals surface area contributed by atoms with E-state index in [2.05, 4.69) is 26.0 Å². The Hall–Kier alpha value is -0.980. The highest BCUT2D eigenvalue weighted by Crippen LogP contribution is 2.18. The first-order valence-corrected chi connectivity index (χ1v) is 4.47. The molecule has 0 aliphatic rings. The van der Waals surface area contributed by atoms with E-state index in [0.29, 0.717) is 0 Å². The zero-order valence-electron chi connectivity index (χ0n) is 8.05. The van der Waals surface area contributed by atoms with Gasteiger partial charge in [0.2, 0.25) is 0 Å². The summed E-state index contributed by atoms with van der Waals surface area (Å²) in [5.41, 5.74) is 2.83. The second-order valence-electron chi connectivity index (χ2n) is 2.84. The van der Waals surface area contributed by atoms with E-state index in [1.807, 2.05) is 6.07 Å². The molecule has 1 heteroatoms. The average molecular weight is 164 g/mol. The Bertz CT molecular complexity index is 253. The number of hydrogen-bond acceptors (Lipinski definition) is 1. The van der Waals surface area contributed by atoms with E-state index in [4.69, 9.17) is 4.74 Å². The number of aryl methyl sites for hydroxylation is 2. The van der Waals surface area contributed by atoms with Gasteiger partial charge >= 0.3 is 0 Å². The van der Waals surface area contributed by atoms with Crippen molar-refractivity contribution in [3.8, 4) is 5.75 Å². The Morgan fingerprint density at radius 3 is 2.25 bits per heavy atom. The van der Waals surface area contributed by atoms with E-state index in [9.17, 15) is 0 Å². The van der Waals surface area contributed by atoms with Crippen molar-refractivity contribution in [3.05, 3.63) is 29.3 Å². The Morgan fingerprint density at radius 2 is 1.75 bits per heavy atom. The van der Waals surface area contributed by atoms with Gasteiger partial charge in [0, 0.05) is 0 Å². The summed E-state index contributed by atoms with van der Waals surface area (Å²) in [6.07, 6.45) is 2.19. The molecule has 0 radical (unpaired) electrons. The summed E-state index contributed by atoms with van der Waals surface area (Å²) in [6, 6.07) is 6.30. The van der Waals surface area contributed by atoms with Gasteiger partial charge in [-0.25, -0.2) is 0 Å². The molecule has 0 heterocycles. The van der Waals surface area contributed by atoms with E-state index in [0.717, 1.165) is 18.6 Å². The zero-order chi connectivity index (χ0) is 8.97. The molecule has 0 aliphatic carbocycles. The zero-order valence-corrected chi connectivity index (χ0v) is 8.05. The molecular weight excluding hydrogens is 148 g/mol. The maximum absolute atomic E-state index is 5.16. The molecule has 0 saturated carbocycles. The largest absolute Gasteiger partial charge is 0.497 e. The molecule has 0 unspecified atom stereocenters. The van der Waals surface area contributed by atoms with Crippen LogP contribution in [0, 0.1) is 0 Å². The standard InChI is InChI=1S/C11H16O/c1-4-9-6-7-11(12-3)8-10(9)5-2/h6-8H,4-5H2,1-3H3. The Labute approximate surface area is 74.4 Å². The highest BCUT2D eigenvalue weighted by molar-refractivity contribution is 5.35. The highest BCUT2D eigenvalue weighted by Gasteiger charge is 1.99. The molecule has 0 bridgehead atoms. The summed E-state index contributed by atoms with van der Waals surface area (Å²) in [5, 5.41) is 0. The quantitative estimate of drug-likeness (QED) is 0.667. The van der Waals surface area contributed by atoms with E-state index in [1.54, 1.807) is 7.11 Å². The van der Waals surface area contributed by atoms with Crippen molar-refractivity contribution in [1.82, 2.24) is 0 Å². The average Bonchev–Trinajstić information content (AvgIpc) is 2.16. The molecule has 1 rings (SSSR count). The van der Waals surface area contributed by atoms with Gasteiger partial charge in [-0.15, -0.1) is 0 Å². The normalized spacial score (nSPS) is 9.92. The molecule has 0 N–H and O–H groups in total. The van der Waals surface area contributed by atoms with Crippen LogP contribution >= 0.6 is 0 Å². The summed E-state index contributed by atoms with van der Waals surface area (Å²) in [4.78, 5) is 0. The number of hydrogen-bond donors (Lipinski definition) is 0. The lowest BCUT2D eigenvalue weighted by Gasteiger charge is -2.07. The first-order valence-electron chi connectivity index (χ1n) is 4.47. The van der Waals surface area contributed by atoms with Gasteiger partial charge in [-0.1, -0.05) is 19.9 Å². The van der Waals surface area contributed by atoms with Gasteiger partial charge in [0.25, 0.3) is 0 Å². The summed E-state index contributed by atoms with van der Waals surface area (Å²) in [7, 11) is 1.71. The molecule has 0 amide bonds. The molecule has 0 spiro atoms. The molecule has 66 valence electrons. The smallest absolute Gasteiger partial charge is 0.119 e. The van der Waals surface area contributed by atoms with Gasteiger partial charge in [-0.3, -0.25) is 0 Å². The lowest BCUT2D eigenvalue weighted by atomic mass is 10.0. The van der Waals surface area contributed by atoms with Gasteiger partial charge in [0.05, 0.1) is 7.11 Å². The molecule has 1 nitrogen and oxygen atoms in total. The van der Waals surface area contributed by atoms with E-state index in [1.165, 1.54) is 11.1 Å². The lowest BCUT2D eigenvalue weighted by molar-refractivity contribution is 0.414. The molecule has 0 atom stereocenters. The summed E-state index contributed by atoms with van der Waals surface area (Å²) in [6.45, 7) is 4.36. The fourth-order valence-electron chi connectivity index (χ4n) is 1.40. The van der Waals surface area contributed by atoms with Crippen LogP contribution in [-0.2, 0) is 12.8 Å². The van der Waals surface area contributed by atoms with Crippen LogP contribution in [0.5, 0.6) is 5.75 Å². The van der Waals surface area contributed by atoms with Crippen LogP contribution in [-0.4, -0.2) is 7.11 Å². The molecule has 1 aromatic rings. The van der Waals surface area contributed by atoms with Crippen LogP contribution in [0.1, 0.15) is 25.0 Å². The molecular formula is C11H16O. The topological polar surface area (TPSA) is 9.23 Å². The number of benzene rings is 1. The van der Waals surface area contributed by atoms with Crippen LogP contribution in [0.25, 0.3) is 0 Å². The fraction of sp³-hybridized carbons (Fsp3) is 0.455. The van der Waals surface area contributed by atoms with Crippen molar-refractivity contribution in [3.63, 3.8) is 0 Å².